The molecular formula is C18H29N3O2. The van der Waals surface area contributed by atoms with Crippen LogP contribution in [-0.2, 0) is 4.74 Å². The van der Waals surface area contributed by atoms with E-state index < -0.39 is 0 Å². The van der Waals surface area contributed by atoms with E-state index in [2.05, 4.69) is 17.1 Å². The van der Waals surface area contributed by atoms with Crippen molar-refractivity contribution in [2.24, 2.45) is 0 Å². The minimum absolute atomic E-state index is 0.00204. The van der Waals surface area contributed by atoms with Crippen LogP contribution in [0.4, 0.5) is 10.5 Å². The van der Waals surface area contributed by atoms with Crippen molar-refractivity contribution >= 4 is 11.7 Å². The number of hydrogen-bond donors (Lipinski definition) is 1. The second-order valence-electron chi connectivity index (χ2n) is 5.99. The second kappa shape index (κ2) is 8.89. The Labute approximate surface area is 139 Å². The number of hydrogen-bond acceptors (Lipinski definition) is 3. The first-order valence-electron chi connectivity index (χ1n) is 8.59. The van der Waals surface area contributed by atoms with Crippen LogP contribution in [0, 0.1) is 6.92 Å². The average molecular weight is 319 g/mol. The molecule has 1 atom stereocenters. The number of benzene rings is 1. The van der Waals surface area contributed by atoms with Gasteiger partial charge in [-0.1, -0.05) is 25.1 Å². The van der Waals surface area contributed by atoms with E-state index in [1.165, 1.54) is 0 Å². The first-order chi connectivity index (χ1) is 11.2. The topological polar surface area (TPSA) is 44.8 Å². The molecule has 0 saturated carbocycles. The predicted octanol–water partition coefficient (Wildman–Crippen LogP) is 2.96. The predicted molar refractivity (Wildman–Crippen MR) is 93.9 cm³/mol. The number of nitrogens with zero attached hydrogens (tertiary/aromatic N) is 2. The van der Waals surface area contributed by atoms with Crippen LogP contribution in [-0.4, -0.2) is 61.3 Å². The third kappa shape index (κ3) is 4.94. The van der Waals surface area contributed by atoms with E-state index in [1.807, 2.05) is 43.0 Å². The number of ether oxygens (including phenoxy) is 1. The highest BCUT2D eigenvalue weighted by molar-refractivity contribution is 5.90. The Morgan fingerprint density at radius 3 is 2.78 bits per heavy atom. The molecule has 1 aromatic carbocycles. The molecule has 1 fully saturated rings. The molecule has 5 nitrogen and oxygen atoms in total. The molecule has 2 amide bonds. The molecule has 1 N–H and O–H groups in total. The molecule has 1 aromatic rings. The van der Waals surface area contributed by atoms with Gasteiger partial charge in [-0.2, -0.15) is 0 Å². The molecule has 1 saturated heterocycles. The second-order valence-corrected chi connectivity index (χ2v) is 5.99. The standard InChI is InChI=1S/C18H29N3O2/c1-4-16-14-21(11-10-20(16)12-13-23-5-2)18(22)19-17-9-7-6-8-15(17)3/h6-9,16H,4-5,10-14H2,1-3H3,(H,19,22). The van der Waals surface area contributed by atoms with Crippen molar-refractivity contribution in [1.29, 1.82) is 0 Å². The van der Waals surface area contributed by atoms with Gasteiger partial charge in [0.05, 0.1) is 6.61 Å². The Hall–Kier alpha value is -1.59. The van der Waals surface area contributed by atoms with Crippen molar-refractivity contribution in [3.63, 3.8) is 0 Å². The Balaban J connectivity index is 1.89. The van der Waals surface area contributed by atoms with Gasteiger partial charge < -0.3 is 15.0 Å². The molecule has 1 unspecified atom stereocenters. The SMILES string of the molecule is CCOCCN1CCN(C(=O)Nc2ccccc2C)CC1CC. The van der Waals surface area contributed by atoms with Crippen LogP contribution in [0.15, 0.2) is 24.3 Å². The third-order valence-corrected chi connectivity index (χ3v) is 4.48. The van der Waals surface area contributed by atoms with Crippen molar-refractivity contribution in [2.45, 2.75) is 33.2 Å². The van der Waals surface area contributed by atoms with Gasteiger partial charge in [-0.25, -0.2) is 4.79 Å². The summed E-state index contributed by atoms with van der Waals surface area (Å²) in [6.07, 6.45) is 1.04. The van der Waals surface area contributed by atoms with Crippen molar-refractivity contribution in [3.8, 4) is 0 Å². The quantitative estimate of drug-likeness (QED) is 0.820. The van der Waals surface area contributed by atoms with Crippen LogP contribution >= 0.6 is 0 Å². The van der Waals surface area contributed by atoms with E-state index in [4.69, 9.17) is 4.74 Å². The number of aryl methyl sites for hydroxylation is 1. The monoisotopic (exact) mass is 319 g/mol. The summed E-state index contributed by atoms with van der Waals surface area (Å²) in [6, 6.07) is 8.30. The summed E-state index contributed by atoms with van der Waals surface area (Å²) in [5.74, 6) is 0. The van der Waals surface area contributed by atoms with Gasteiger partial charge in [-0.3, -0.25) is 4.90 Å². The Morgan fingerprint density at radius 2 is 2.09 bits per heavy atom. The zero-order chi connectivity index (χ0) is 16.7. The summed E-state index contributed by atoms with van der Waals surface area (Å²) in [7, 11) is 0. The van der Waals surface area contributed by atoms with Crippen molar-refractivity contribution in [1.82, 2.24) is 9.80 Å². The highest BCUT2D eigenvalue weighted by Crippen LogP contribution is 2.17. The molecular weight excluding hydrogens is 290 g/mol. The van der Waals surface area contributed by atoms with Gasteiger partial charge in [-0.15, -0.1) is 0 Å². The summed E-state index contributed by atoms with van der Waals surface area (Å²) in [6.45, 7) is 11.1. The summed E-state index contributed by atoms with van der Waals surface area (Å²) in [5, 5.41) is 3.04. The van der Waals surface area contributed by atoms with Crippen LogP contribution in [0.5, 0.6) is 0 Å². The molecule has 23 heavy (non-hydrogen) atoms. The molecule has 0 aliphatic carbocycles. The summed E-state index contributed by atoms with van der Waals surface area (Å²) in [4.78, 5) is 16.9. The van der Waals surface area contributed by atoms with E-state index in [-0.39, 0.29) is 6.03 Å². The molecule has 0 aromatic heterocycles. The molecule has 2 rings (SSSR count). The molecule has 128 valence electrons. The normalized spacial score (nSPS) is 18.9. The smallest absolute Gasteiger partial charge is 0.321 e. The fraction of sp³-hybridized carbons (Fsp3) is 0.611. The fourth-order valence-corrected chi connectivity index (χ4v) is 2.99. The third-order valence-electron chi connectivity index (χ3n) is 4.48. The first-order valence-corrected chi connectivity index (χ1v) is 8.59. The summed E-state index contributed by atoms with van der Waals surface area (Å²) >= 11 is 0. The highest BCUT2D eigenvalue weighted by atomic mass is 16.5. The molecule has 0 spiro atoms. The number of urea groups is 1. The van der Waals surface area contributed by atoms with Crippen LogP contribution in [0.25, 0.3) is 0 Å². The van der Waals surface area contributed by atoms with Crippen LogP contribution in [0.2, 0.25) is 0 Å². The van der Waals surface area contributed by atoms with Crippen LogP contribution < -0.4 is 5.32 Å². The van der Waals surface area contributed by atoms with Crippen molar-refractivity contribution in [3.05, 3.63) is 29.8 Å². The van der Waals surface area contributed by atoms with E-state index >= 15 is 0 Å². The lowest BCUT2D eigenvalue weighted by molar-refractivity contribution is 0.0545. The summed E-state index contributed by atoms with van der Waals surface area (Å²) < 4.78 is 5.46. The fourth-order valence-electron chi connectivity index (χ4n) is 2.99. The number of amides is 2. The maximum atomic E-state index is 12.5. The minimum atomic E-state index is 0.00204. The number of piperazine rings is 1. The molecule has 1 heterocycles. The molecule has 0 radical (unpaired) electrons. The van der Waals surface area contributed by atoms with Gasteiger partial charge in [0.1, 0.15) is 0 Å². The summed E-state index contributed by atoms with van der Waals surface area (Å²) in [5.41, 5.74) is 1.98. The molecule has 1 aliphatic rings. The Morgan fingerprint density at radius 1 is 1.30 bits per heavy atom. The largest absolute Gasteiger partial charge is 0.380 e. The van der Waals surface area contributed by atoms with Gasteiger partial charge in [0.2, 0.25) is 0 Å². The van der Waals surface area contributed by atoms with E-state index in [0.717, 1.165) is 57.1 Å². The molecule has 5 heteroatoms. The van der Waals surface area contributed by atoms with Gasteiger partial charge >= 0.3 is 6.03 Å². The number of carbonyl (C=O) groups is 1. The maximum Gasteiger partial charge on any atom is 0.321 e. The highest BCUT2D eigenvalue weighted by Gasteiger charge is 2.28. The number of para-hydroxylation sites is 1. The Bertz CT molecular complexity index is 507. The van der Waals surface area contributed by atoms with Crippen LogP contribution in [0.1, 0.15) is 25.8 Å². The minimum Gasteiger partial charge on any atom is -0.380 e. The number of carbonyl (C=O) groups excluding carboxylic acids is 1. The lowest BCUT2D eigenvalue weighted by Gasteiger charge is -2.41. The number of nitrogens with one attached hydrogen (secondary N) is 1. The molecule has 1 aliphatic heterocycles. The van der Waals surface area contributed by atoms with Crippen LogP contribution in [0.3, 0.4) is 0 Å². The van der Waals surface area contributed by atoms with E-state index in [1.54, 1.807) is 0 Å². The first kappa shape index (κ1) is 17.8. The van der Waals surface area contributed by atoms with E-state index in [0.29, 0.717) is 6.04 Å². The Kier molecular flexibility index (Phi) is 6.86. The average Bonchev–Trinajstić information content (AvgIpc) is 2.57. The van der Waals surface area contributed by atoms with Crippen molar-refractivity contribution in [2.75, 3.05) is 44.7 Å². The number of rotatable bonds is 6. The zero-order valence-corrected chi connectivity index (χ0v) is 14.5. The van der Waals surface area contributed by atoms with E-state index in [9.17, 15) is 4.79 Å². The van der Waals surface area contributed by atoms with Gasteiger partial charge in [-0.05, 0) is 31.9 Å². The lowest BCUT2D eigenvalue weighted by atomic mass is 10.1. The number of anilines is 1. The van der Waals surface area contributed by atoms with Gasteiger partial charge in [0, 0.05) is 44.5 Å². The molecule has 0 bridgehead atoms. The lowest BCUT2D eigenvalue weighted by Crippen LogP contribution is -2.56. The van der Waals surface area contributed by atoms with Gasteiger partial charge in [0.15, 0.2) is 0 Å². The van der Waals surface area contributed by atoms with Crippen molar-refractivity contribution < 1.29 is 9.53 Å². The van der Waals surface area contributed by atoms with Gasteiger partial charge in [0.25, 0.3) is 0 Å². The zero-order valence-electron chi connectivity index (χ0n) is 14.5. The maximum absolute atomic E-state index is 12.5.